The Morgan fingerprint density at radius 3 is 3.14 bits per heavy atom. The molecule has 110 valence electrons. The SMILES string of the molecule is O=C(NCCC(=O)N1CCc2sccc2C1)c1ccon1. The number of rotatable bonds is 4. The normalized spacial score (nSPS) is 13.8. The van der Waals surface area contributed by atoms with Crippen molar-refractivity contribution in [1.29, 1.82) is 0 Å². The standard InChI is InChI=1S/C14H15N3O3S/c18-13(1-5-15-14(19)11-3-7-20-16-11)17-6-2-12-10(9-17)4-8-21-12/h3-4,7-8H,1-2,5-6,9H2,(H,15,19). The maximum Gasteiger partial charge on any atom is 0.273 e. The second-order valence-electron chi connectivity index (χ2n) is 4.82. The minimum atomic E-state index is -0.324. The Bertz CT molecular complexity index is 636. The Morgan fingerprint density at radius 1 is 1.43 bits per heavy atom. The van der Waals surface area contributed by atoms with E-state index in [9.17, 15) is 9.59 Å². The minimum absolute atomic E-state index is 0.0623. The van der Waals surface area contributed by atoms with Gasteiger partial charge in [0.15, 0.2) is 5.69 Å². The van der Waals surface area contributed by atoms with Crippen LogP contribution in [0.3, 0.4) is 0 Å². The Morgan fingerprint density at radius 2 is 2.33 bits per heavy atom. The van der Waals surface area contributed by atoms with Crippen LogP contribution in [-0.4, -0.2) is 35.0 Å². The third-order valence-corrected chi connectivity index (χ3v) is 4.48. The van der Waals surface area contributed by atoms with Crippen LogP contribution in [0.4, 0.5) is 0 Å². The van der Waals surface area contributed by atoms with E-state index in [1.165, 1.54) is 22.8 Å². The van der Waals surface area contributed by atoms with E-state index in [1.807, 2.05) is 4.90 Å². The first-order valence-corrected chi connectivity index (χ1v) is 7.63. The van der Waals surface area contributed by atoms with Crippen molar-refractivity contribution in [2.24, 2.45) is 0 Å². The summed E-state index contributed by atoms with van der Waals surface area (Å²) in [5, 5.41) is 8.27. The van der Waals surface area contributed by atoms with Gasteiger partial charge in [-0.2, -0.15) is 0 Å². The molecule has 6 nitrogen and oxygen atoms in total. The van der Waals surface area contributed by atoms with Crippen LogP contribution in [0.15, 0.2) is 28.3 Å². The van der Waals surface area contributed by atoms with Crippen molar-refractivity contribution in [3.63, 3.8) is 0 Å². The average molecular weight is 305 g/mol. The van der Waals surface area contributed by atoms with Gasteiger partial charge in [-0.15, -0.1) is 11.3 Å². The van der Waals surface area contributed by atoms with E-state index in [2.05, 4.69) is 26.4 Å². The third-order valence-electron chi connectivity index (χ3n) is 3.46. The Hall–Kier alpha value is -2.15. The maximum atomic E-state index is 12.1. The number of thiophene rings is 1. The molecule has 2 aromatic heterocycles. The Labute approximate surface area is 125 Å². The zero-order valence-corrected chi connectivity index (χ0v) is 12.2. The van der Waals surface area contributed by atoms with E-state index in [1.54, 1.807) is 11.3 Å². The van der Waals surface area contributed by atoms with Crippen molar-refractivity contribution in [2.75, 3.05) is 13.1 Å². The molecule has 0 unspecified atom stereocenters. The van der Waals surface area contributed by atoms with Crippen LogP contribution in [0.1, 0.15) is 27.3 Å². The maximum absolute atomic E-state index is 12.1. The average Bonchev–Trinajstić information content (AvgIpc) is 3.17. The monoisotopic (exact) mass is 305 g/mol. The van der Waals surface area contributed by atoms with Crippen LogP contribution in [0.25, 0.3) is 0 Å². The molecule has 0 spiro atoms. The van der Waals surface area contributed by atoms with Gasteiger partial charge >= 0.3 is 0 Å². The molecule has 2 aromatic rings. The summed E-state index contributed by atoms with van der Waals surface area (Å²) in [4.78, 5) is 27.0. The van der Waals surface area contributed by atoms with Gasteiger partial charge in [0, 0.05) is 37.0 Å². The highest BCUT2D eigenvalue weighted by molar-refractivity contribution is 7.10. The largest absolute Gasteiger partial charge is 0.364 e. The second-order valence-corrected chi connectivity index (χ2v) is 5.83. The first-order valence-electron chi connectivity index (χ1n) is 6.75. The predicted molar refractivity (Wildman–Crippen MR) is 76.9 cm³/mol. The summed E-state index contributed by atoms with van der Waals surface area (Å²) >= 11 is 1.75. The quantitative estimate of drug-likeness (QED) is 0.927. The van der Waals surface area contributed by atoms with Gasteiger partial charge in [-0.05, 0) is 23.4 Å². The van der Waals surface area contributed by atoms with Crippen LogP contribution < -0.4 is 5.32 Å². The van der Waals surface area contributed by atoms with E-state index in [-0.39, 0.29) is 17.5 Å². The molecule has 2 amide bonds. The first-order chi connectivity index (χ1) is 10.2. The van der Waals surface area contributed by atoms with Crippen molar-refractivity contribution in [1.82, 2.24) is 15.4 Å². The summed E-state index contributed by atoms with van der Waals surface area (Å²) in [7, 11) is 0. The summed E-state index contributed by atoms with van der Waals surface area (Å²) in [6.45, 7) is 1.73. The molecule has 0 fully saturated rings. The number of carbonyl (C=O) groups is 2. The van der Waals surface area contributed by atoms with E-state index in [0.29, 0.717) is 19.5 Å². The van der Waals surface area contributed by atoms with Gasteiger partial charge in [0.05, 0.1) is 0 Å². The van der Waals surface area contributed by atoms with Crippen molar-refractivity contribution >= 4 is 23.2 Å². The topological polar surface area (TPSA) is 75.4 Å². The highest BCUT2D eigenvalue weighted by atomic mass is 32.1. The van der Waals surface area contributed by atoms with Gasteiger partial charge in [-0.1, -0.05) is 5.16 Å². The molecule has 3 rings (SSSR count). The summed E-state index contributed by atoms with van der Waals surface area (Å²) < 4.78 is 4.60. The molecule has 7 heteroatoms. The van der Waals surface area contributed by atoms with E-state index in [0.717, 1.165) is 13.0 Å². The predicted octanol–water partition coefficient (Wildman–Crippen LogP) is 1.44. The molecular formula is C14H15N3O3S. The fraction of sp³-hybridized carbons (Fsp3) is 0.357. The number of amides is 2. The lowest BCUT2D eigenvalue weighted by molar-refractivity contribution is -0.131. The van der Waals surface area contributed by atoms with E-state index >= 15 is 0 Å². The number of hydrogen-bond acceptors (Lipinski definition) is 5. The minimum Gasteiger partial charge on any atom is -0.364 e. The number of nitrogens with zero attached hydrogens (tertiary/aromatic N) is 2. The van der Waals surface area contributed by atoms with Crippen molar-refractivity contribution < 1.29 is 14.1 Å². The van der Waals surface area contributed by atoms with E-state index < -0.39 is 0 Å². The number of fused-ring (bicyclic) bond motifs is 1. The third kappa shape index (κ3) is 3.13. The van der Waals surface area contributed by atoms with Crippen LogP contribution in [-0.2, 0) is 17.8 Å². The van der Waals surface area contributed by atoms with Crippen LogP contribution in [0.5, 0.6) is 0 Å². The summed E-state index contributed by atoms with van der Waals surface area (Å²) in [6, 6.07) is 3.56. The van der Waals surface area contributed by atoms with Gasteiger partial charge in [0.25, 0.3) is 5.91 Å². The van der Waals surface area contributed by atoms with Crippen LogP contribution >= 0.6 is 11.3 Å². The van der Waals surface area contributed by atoms with Crippen LogP contribution in [0, 0.1) is 0 Å². The van der Waals surface area contributed by atoms with E-state index in [4.69, 9.17) is 0 Å². The molecule has 1 aliphatic heterocycles. The Balaban J connectivity index is 1.46. The number of hydrogen-bond donors (Lipinski definition) is 1. The summed E-state index contributed by atoms with van der Waals surface area (Å²) in [5.74, 6) is -0.261. The van der Waals surface area contributed by atoms with Gasteiger partial charge in [0.1, 0.15) is 6.26 Å². The zero-order valence-electron chi connectivity index (χ0n) is 11.4. The summed E-state index contributed by atoms with van der Waals surface area (Å²) in [6.07, 6.45) is 2.55. The fourth-order valence-corrected chi connectivity index (χ4v) is 3.21. The van der Waals surface area contributed by atoms with Gasteiger partial charge in [-0.25, -0.2) is 0 Å². The molecule has 0 aromatic carbocycles. The van der Waals surface area contributed by atoms with Crippen molar-refractivity contribution in [2.45, 2.75) is 19.4 Å². The molecular weight excluding hydrogens is 290 g/mol. The summed E-state index contributed by atoms with van der Waals surface area (Å²) in [5.41, 5.74) is 1.47. The highest BCUT2D eigenvalue weighted by Crippen LogP contribution is 2.24. The molecule has 3 heterocycles. The molecule has 1 aliphatic rings. The molecule has 0 atom stereocenters. The fourth-order valence-electron chi connectivity index (χ4n) is 2.32. The van der Waals surface area contributed by atoms with Crippen molar-refractivity contribution in [3.05, 3.63) is 39.9 Å². The lowest BCUT2D eigenvalue weighted by atomic mass is 10.1. The molecule has 0 aliphatic carbocycles. The highest BCUT2D eigenvalue weighted by Gasteiger charge is 2.21. The zero-order chi connectivity index (χ0) is 14.7. The lowest BCUT2D eigenvalue weighted by Gasteiger charge is -2.27. The number of nitrogens with one attached hydrogen (secondary N) is 1. The van der Waals surface area contributed by atoms with Gasteiger partial charge < -0.3 is 14.7 Å². The lowest BCUT2D eigenvalue weighted by Crippen LogP contribution is -2.37. The van der Waals surface area contributed by atoms with Gasteiger partial charge in [0.2, 0.25) is 5.91 Å². The van der Waals surface area contributed by atoms with Crippen molar-refractivity contribution in [3.8, 4) is 0 Å². The smallest absolute Gasteiger partial charge is 0.273 e. The molecule has 0 radical (unpaired) electrons. The number of aromatic nitrogens is 1. The van der Waals surface area contributed by atoms with Crippen LogP contribution in [0.2, 0.25) is 0 Å². The Kier molecular flexibility index (Phi) is 4.01. The molecule has 1 N–H and O–H groups in total. The molecule has 0 saturated carbocycles. The van der Waals surface area contributed by atoms with Gasteiger partial charge in [-0.3, -0.25) is 9.59 Å². The molecule has 0 saturated heterocycles. The number of carbonyl (C=O) groups excluding carboxylic acids is 2. The molecule has 21 heavy (non-hydrogen) atoms. The first kappa shape index (κ1) is 13.8. The molecule has 0 bridgehead atoms. The second kappa shape index (κ2) is 6.09.